The van der Waals surface area contributed by atoms with Gasteiger partial charge in [-0.3, -0.25) is 4.79 Å². The zero-order chi connectivity index (χ0) is 19.3. The monoisotopic (exact) mass is 370 g/mol. The van der Waals surface area contributed by atoms with Gasteiger partial charge < -0.3 is 20.9 Å². The highest BCUT2D eigenvalue weighted by atomic mass is 16.6. The lowest BCUT2D eigenvalue weighted by molar-refractivity contribution is -0.123. The summed E-state index contributed by atoms with van der Waals surface area (Å²) in [5.41, 5.74) is 8.33. The van der Waals surface area contributed by atoms with E-state index in [1.165, 1.54) is 11.4 Å². The largest absolute Gasteiger partial charge is 0.443 e. The van der Waals surface area contributed by atoms with Crippen molar-refractivity contribution in [3.05, 3.63) is 0 Å². The summed E-state index contributed by atoms with van der Waals surface area (Å²) in [6.45, 7) is 6.16. The maximum atomic E-state index is 12.3. The van der Waals surface area contributed by atoms with Gasteiger partial charge in [0.25, 0.3) is 0 Å². The minimum Gasteiger partial charge on any atom is -0.443 e. The lowest BCUT2D eigenvalue weighted by atomic mass is 9.83. The first-order valence-corrected chi connectivity index (χ1v) is 9.64. The molecule has 0 radical (unpaired) electrons. The van der Waals surface area contributed by atoms with Crippen molar-refractivity contribution in [3.8, 4) is 0 Å². The summed E-state index contributed by atoms with van der Waals surface area (Å²) in [6.07, 6.45) is 4.78. The molecular weight excluding hydrogens is 336 g/mol. The van der Waals surface area contributed by atoms with Gasteiger partial charge in [0, 0.05) is 6.54 Å². The number of amides is 2. The van der Waals surface area contributed by atoms with Crippen LogP contribution in [0, 0.1) is 5.92 Å². The highest BCUT2D eigenvalue weighted by Crippen LogP contribution is 2.28. The summed E-state index contributed by atoms with van der Waals surface area (Å²) < 4.78 is 5.30. The molecule has 3 unspecified atom stereocenters. The van der Waals surface area contributed by atoms with Crippen molar-refractivity contribution in [2.24, 2.45) is 11.7 Å². The van der Waals surface area contributed by atoms with Gasteiger partial charge in [-0.15, -0.1) is 0 Å². The van der Waals surface area contributed by atoms with E-state index < -0.39 is 23.8 Å². The second-order valence-corrected chi connectivity index (χ2v) is 8.47. The molecule has 2 rings (SSSR count). The Kier molecular flexibility index (Phi) is 7.25. The van der Waals surface area contributed by atoms with Crippen LogP contribution in [0.4, 0.5) is 4.79 Å². The standard InChI is InChI=1S/C18H34N4O4/c1-18(2,3)26-17(25)22-11-13(10-20-22)21-16(24)14(19)9-15(23)12-7-5-4-6-8-12/h12-15,20,23H,4-11,19H2,1-3H3,(H,21,24). The molecule has 0 aromatic heterocycles. The number of hydrogen-bond acceptors (Lipinski definition) is 6. The zero-order valence-corrected chi connectivity index (χ0v) is 16.2. The van der Waals surface area contributed by atoms with E-state index in [0.29, 0.717) is 13.1 Å². The fourth-order valence-electron chi connectivity index (χ4n) is 3.51. The molecule has 1 aliphatic carbocycles. The fraction of sp³-hybridized carbons (Fsp3) is 0.889. The average molecular weight is 370 g/mol. The number of carbonyl (C=O) groups excluding carboxylic acids is 2. The minimum absolute atomic E-state index is 0.229. The Morgan fingerprint density at radius 2 is 1.96 bits per heavy atom. The van der Waals surface area contributed by atoms with Crippen molar-refractivity contribution in [3.63, 3.8) is 0 Å². The summed E-state index contributed by atoms with van der Waals surface area (Å²) in [5, 5.41) is 14.5. The average Bonchev–Trinajstić information content (AvgIpc) is 3.02. The van der Waals surface area contributed by atoms with Gasteiger partial charge in [0.1, 0.15) is 5.60 Å². The number of aliphatic hydroxyl groups excluding tert-OH is 1. The second-order valence-electron chi connectivity index (χ2n) is 8.47. The highest BCUT2D eigenvalue weighted by molar-refractivity contribution is 5.82. The number of rotatable bonds is 5. The molecule has 150 valence electrons. The normalized spacial score (nSPS) is 24.2. The molecule has 0 spiro atoms. The van der Waals surface area contributed by atoms with Crippen molar-refractivity contribution in [2.45, 2.75) is 83.1 Å². The van der Waals surface area contributed by atoms with Crippen molar-refractivity contribution in [2.75, 3.05) is 13.1 Å². The Bertz CT molecular complexity index is 488. The molecule has 1 aliphatic heterocycles. The molecule has 2 fully saturated rings. The molecule has 5 N–H and O–H groups in total. The quantitative estimate of drug-likeness (QED) is 0.571. The summed E-state index contributed by atoms with van der Waals surface area (Å²) >= 11 is 0. The van der Waals surface area contributed by atoms with E-state index in [-0.39, 0.29) is 24.3 Å². The number of ether oxygens (including phenoxy) is 1. The predicted octanol–water partition coefficient (Wildman–Crippen LogP) is 0.885. The molecule has 0 aromatic carbocycles. The smallest absolute Gasteiger partial charge is 0.424 e. The number of nitrogens with two attached hydrogens (primary N) is 1. The van der Waals surface area contributed by atoms with Gasteiger partial charge in [-0.25, -0.2) is 15.2 Å². The second kappa shape index (κ2) is 9.01. The van der Waals surface area contributed by atoms with E-state index in [2.05, 4.69) is 10.7 Å². The fourth-order valence-corrected chi connectivity index (χ4v) is 3.51. The molecule has 1 heterocycles. The van der Waals surface area contributed by atoms with Crippen molar-refractivity contribution in [1.82, 2.24) is 15.8 Å². The Balaban J connectivity index is 1.74. The van der Waals surface area contributed by atoms with Crippen LogP contribution in [0.3, 0.4) is 0 Å². The topological polar surface area (TPSA) is 117 Å². The van der Waals surface area contributed by atoms with Crippen molar-refractivity contribution in [1.29, 1.82) is 0 Å². The Hall–Kier alpha value is -1.38. The van der Waals surface area contributed by atoms with E-state index in [1.54, 1.807) is 20.8 Å². The SMILES string of the molecule is CC(C)(C)OC(=O)N1CC(NC(=O)C(N)CC(O)C2CCCCC2)CN1. The minimum atomic E-state index is -0.748. The Morgan fingerprint density at radius 1 is 1.31 bits per heavy atom. The van der Waals surface area contributed by atoms with Crippen LogP contribution in [0.1, 0.15) is 59.3 Å². The number of nitrogens with zero attached hydrogens (tertiary/aromatic N) is 1. The van der Waals surface area contributed by atoms with Crippen molar-refractivity contribution >= 4 is 12.0 Å². The van der Waals surface area contributed by atoms with Crippen molar-refractivity contribution < 1.29 is 19.4 Å². The molecule has 3 atom stereocenters. The van der Waals surface area contributed by atoms with Crippen LogP contribution in [-0.2, 0) is 9.53 Å². The molecule has 0 aromatic rings. The molecule has 2 aliphatic rings. The van der Waals surface area contributed by atoms with Crippen LogP contribution in [0.2, 0.25) is 0 Å². The molecule has 1 saturated heterocycles. The maximum absolute atomic E-state index is 12.3. The lowest BCUT2D eigenvalue weighted by Gasteiger charge is -2.28. The van der Waals surface area contributed by atoms with Crippen LogP contribution in [0.15, 0.2) is 0 Å². The summed E-state index contributed by atoms with van der Waals surface area (Å²) in [6, 6.07) is -0.976. The van der Waals surface area contributed by atoms with Gasteiger partial charge in [0.15, 0.2) is 0 Å². The Morgan fingerprint density at radius 3 is 2.58 bits per heavy atom. The first kappa shape index (κ1) is 20.9. The molecule has 26 heavy (non-hydrogen) atoms. The van der Waals surface area contributed by atoms with E-state index in [1.807, 2.05) is 0 Å². The third-order valence-electron chi connectivity index (χ3n) is 4.92. The first-order chi connectivity index (χ1) is 12.2. The number of carbonyl (C=O) groups is 2. The Labute approximate surface area is 155 Å². The van der Waals surface area contributed by atoms with Crippen LogP contribution >= 0.6 is 0 Å². The summed E-state index contributed by atoms with van der Waals surface area (Å²) in [7, 11) is 0. The van der Waals surface area contributed by atoms with Crippen LogP contribution < -0.4 is 16.5 Å². The summed E-state index contributed by atoms with van der Waals surface area (Å²) in [4.78, 5) is 24.3. The molecular formula is C18H34N4O4. The molecule has 0 bridgehead atoms. The zero-order valence-electron chi connectivity index (χ0n) is 16.2. The summed E-state index contributed by atoms with van der Waals surface area (Å²) in [5.74, 6) is -0.0453. The van der Waals surface area contributed by atoms with E-state index in [9.17, 15) is 14.7 Å². The molecule has 8 nitrogen and oxygen atoms in total. The van der Waals surface area contributed by atoms with Crippen LogP contribution in [0.5, 0.6) is 0 Å². The van der Waals surface area contributed by atoms with Gasteiger partial charge in [0.2, 0.25) is 5.91 Å². The van der Waals surface area contributed by atoms with Gasteiger partial charge in [-0.1, -0.05) is 19.3 Å². The third kappa shape index (κ3) is 6.41. The first-order valence-electron chi connectivity index (χ1n) is 9.64. The number of hydrazine groups is 1. The predicted molar refractivity (Wildman–Crippen MR) is 98.0 cm³/mol. The highest BCUT2D eigenvalue weighted by Gasteiger charge is 2.32. The number of aliphatic hydroxyl groups is 1. The third-order valence-corrected chi connectivity index (χ3v) is 4.92. The van der Waals surface area contributed by atoms with Gasteiger partial charge in [-0.05, 0) is 46.0 Å². The van der Waals surface area contributed by atoms with E-state index >= 15 is 0 Å². The van der Waals surface area contributed by atoms with Gasteiger partial charge in [-0.2, -0.15) is 0 Å². The maximum Gasteiger partial charge on any atom is 0.424 e. The van der Waals surface area contributed by atoms with Crippen LogP contribution in [-0.4, -0.2) is 59.0 Å². The van der Waals surface area contributed by atoms with Gasteiger partial charge >= 0.3 is 6.09 Å². The molecule has 2 amide bonds. The number of nitrogens with one attached hydrogen (secondary N) is 2. The van der Waals surface area contributed by atoms with Crippen LogP contribution in [0.25, 0.3) is 0 Å². The number of hydrogen-bond donors (Lipinski definition) is 4. The molecule has 8 heteroatoms. The van der Waals surface area contributed by atoms with Gasteiger partial charge in [0.05, 0.1) is 24.7 Å². The van der Waals surface area contributed by atoms with E-state index in [4.69, 9.17) is 10.5 Å². The lowest BCUT2D eigenvalue weighted by Crippen LogP contribution is -2.49. The van der Waals surface area contributed by atoms with E-state index in [0.717, 1.165) is 25.7 Å². The molecule has 1 saturated carbocycles.